The van der Waals surface area contributed by atoms with Crippen molar-refractivity contribution in [3.63, 3.8) is 0 Å². The van der Waals surface area contributed by atoms with Crippen LogP contribution in [0.25, 0.3) is 0 Å². The Morgan fingerprint density at radius 2 is 1.73 bits per heavy atom. The van der Waals surface area contributed by atoms with Gasteiger partial charge in [0.1, 0.15) is 6.54 Å². The molecule has 0 aliphatic carbocycles. The lowest BCUT2D eigenvalue weighted by Crippen LogP contribution is -3.11. The third kappa shape index (κ3) is 5.29. The Morgan fingerprint density at radius 1 is 1.00 bits per heavy atom. The molecule has 0 spiro atoms. The Labute approximate surface area is 162 Å². The molecule has 0 aromatic heterocycles. The van der Waals surface area contributed by atoms with Crippen LogP contribution in [0, 0.1) is 13.8 Å². The summed E-state index contributed by atoms with van der Waals surface area (Å²) >= 11 is 5.52. The monoisotopic (exact) mass is 368 g/mol. The van der Waals surface area contributed by atoms with Crippen molar-refractivity contribution in [3.05, 3.63) is 64.7 Å². The maximum Gasteiger partial charge on any atom is 0.171 e. The number of piperidine rings is 1. The topological polar surface area (TPSA) is 28.5 Å². The fraction of sp³-hybridized carbons (Fsp3) is 0.409. The highest BCUT2D eigenvalue weighted by Crippen LogP contribution is 2.16. The lowest BCUT2D eigenvalue weighted by Gasteiger charge is -2.24. The molecule has 2 aromatic carbocycles. The molecule has 3 rings (SSSR count). The van der Waals surface area contributed by atoms with Gasteiger partial charge in [0.25, 0.3) is 0 Å². The van der Waals surface area contributed by atoms with Crippen LogP contribution in [0.2, 0.25) is 0 Å². The van der Waals surface area contributed by atoms with Crippen molar-refractivity contribution in [2.24, 2.45) is 0 Å². The fourth-order valence-electron chi connectivity index (χ4n) is 3.61. The van der Waals surface area contributed by atoms with E-state index >= 15 is 0 Å². The lowest BCUT2D eigenvalue weighted by atomic mass is 10.0. The molecular weight excluding hydrogens is 338 g/mol. The molecular formula is C22H30N3S+. The summed E-state index contributed by atoms with van der Waals surface area (Å²) in [6.45, 7) is 8.68. The lowest BCUT2D eigenvalue weighted by molar-refractivity contribution is -0.918. The van der Waals surface area contributed by atoms with Crippen LogP contribution < -0.4 is 15.5 Å². The van der Waals surface area contributed by atoms with Crippen LogP contribution >= 0.6 is 12.2 Å². The average molecular weight is 369 g/mol. The molecule has 0 bridgehead atoms. The van der Waals surface area contributed by atoms with Gasteiger partial charge in [0.2, 0.25) is 0 Å². The van der Waals surface area contributed by atoms with E-state index in [-0.39, 0.29) is 0 Å². The van der Waals surface area contributed by atoms with Crippen LogP contribution in [-0.2, 0) is 13.1 Å². The number of likely N-dealkylation sites (tertiary alicyclic amines) is 1. The second kappa shape index (κ2) is 9.15. The summed E-state index contributed by atoms with van der Waals surface area (Å²) in [5.41, 5.74) is 6.29. The first-order valence-corrected chi connectivity index (χ1v) is 10.0. The molecule has 0 atom stereocenters. The van der Waals surface area contributed by atoms with Crippen LogP contribution in [0.5, 0.6) is 0 Å². The predicted octanol–water partition coefficient (Wildman–Crippen LogP) is 3.36. The summed E-state index contributed by atoms with van der Waals surface area (Å²) in [6, 6.07) is 15.1. The van der Waals surface area contributed by atoms with Crippen molar-refractivity contribution in [3.8, 4) is 0 Å². The maximum absolute atomic E-state index is 5.52. The van der Waals surface area contributed by atoms with Gasteiger partial charge in [0.15, 0.2) is 5.11 Å². The van der Waals surface area contributed by atoms with Crippen LogP contribution in [0.15, 0.2) is 42.5 Å². The molecule has 3 nitrogen and oxygen atoms in total. The molecule has 26 heavy (non-hydrogen) atoms. The van der Waals surface area contributed by atoms with Gasteiger partial charge in [0.05, 0.1) is 13.1 Å². The fourth-order valence-corrected chi connectivity index (χ4v) is 3.79. The van der Waals surface area contributed by atoms with Crippen LogP contribution in [0.4, 0.5) is 5.69 Å². The Morgan fingerprint density at radius 3 is 2.50 bits per heavy atom. The summed E-state index contributed by atoms with van der Waals surface area (Å²) in [4.78, 5) is 1.71. The minimum Gasteiger partial charge on any atom is -0.358 e. The van der Waals surface area contributed by atoms with E-state index in [1.165, 1.54) is 54.6 Å². The highest BCUT2D eigenvalue weighted by molar-refractivity contribution is 7.80. The van der Waals surface area contributed by atoms with Crippen LogP contribution in [0.1, 0.15) is 41.5 Å². The Balaban J connectivity index is 1.58. The van der Waals surface area contributed by atoms with Crippen molar-refractivity contribution in [1.82, 2.24) is 5.32 Å². The van der Waals surface area contributed by atoms with Gasteiger partial charge in [-0.25, -0.2) is 0 Å². The number of benzene rings is 2. The van der Waals surface area contributed by atoms with Crippen LogP contribution in [0.3, 0.4) is 0 Å². The molecule has 1 saturated heterocycles. The van der Waals surface area contributed by atoms with E-state index in [4.69, 9.17) is 12.2 Å². The van der Waals surface area contributed by atoms with Crippen molar-refractivity contribution < 1.29 is 4.90 Å². The summed E-state index contributed by atoms with van der Waals surface area (Å²) in [7, 11) is 0. The van der Waals surface area contributed by atoms with Gasteiger partial charge >= 0.3 is 0 Å². The standard InChI is InChI=1S/C22H29N3S/c1-17-10-11-18(2)21(14-17)24-22(26)23-15-19-8-4-5-9-20(19)16-25-12-6-3-7-13-25/h4-5,8-11,14H,3,6-7,12-13,15-16H2,1-2H3,(H2,23,24,26)/p+1. The van der Waals surface area contributed by atoms with Crippen molar-refractivity contribution in [2.45, 2.75) is 46.2 Å². The van der Waals surface area contributed by atoms with Gasteiger partial charge in [0, 0.05) is 17.8 Å². The molecule has 4 heteroatoms. The summed E-state index contributed by atoms with van der Waals surface area (Å²) in [6.07, 6.45) is 4.12. The van der Waals surface area contributed by atoms with E-state index in [0.29, 0.717) is 5.11 Å². The second-order valence-corrected chi connectivity index (χ2v) is 7.79. The Bertz CT molecular complexity index is 751. The number of hydrogen-bond acceptors (Lipinski definition) is 1. The number of anilines is 1. The van der Waals surface area contributed by atoms with Crippen LogP contribution in [-0.4, -0.2) is 18.2 Å². The SMILES string of the molecule is Cc1ccc(C)c(NC(=S)NCc2ccccc2C[NH+]2CCCCC2)c1. The second-order valence-electron chi connectivity index (χ2n) is 7.38. The number of nitrogens with one attached hydrogen (secondary N) is 3. The molecule has 0 radical (unpaired) electrons. The smallest absolute Gasteiger partial charge is 0.171 e. The van der Waals surface area contributed by atoms with E-state index < -0.39 is 0 Å². The highest BCUT2D eigenvalue weighted by atomic mass is 32.1. The van der Waals surface area contributed by atoms with Gasteiger partial charge < -0.3 is 15.5 Å². The van der Waals surface area contributed by atoms with E-state index in [1.807, 2.05) is 0 Å². The molecule has 1 fully saturated rings. The number of aryl methyl sites for hydroxylation is 2. The van der Waals surface area contributed by atoms with Crippen molar-refractivity contribution >= 4 is 23.0 Å². The average Bonchev–Trinajstić information content (AvgIpc) is 2.65. The molecule has 3 N–H and O–H groups in total. The zero-order chi connectivity index (χ0) is 18.4. The molecule has 2 aromatic rings. The van der Waals surface area contributed by atoms with E-state index in [0.717, 1.165) is 18.8 Å². The minimum absolute atomic E-state index is 0.679. The van der Waals surface area contributed by atoms with E-state index in [9.17, 15) is 0 Å². The van der Waals surface area contributed by atoms with E-state index in [1.54, 1.807) is 4.90 Å². The van der Waals surface area contributed by atoms with E-state index in [2.05, 4.69) is 66.9 Å². The third-order valence-electron chi connectivity index (χ3n) is 5.20. The number of rotatable bonds is 5. The first kappa shape index (κ1) is 18.9. The van der Waals surface area contributed by atoms with Gasteiger partial charge in [-0.15, -0.1) is 0 Å². The van der Waals surface area contributed by atoms with Gasteiger partial charge in [-0.1, -0.05) is 36.4 Å². The molecule has 0 unspecified atom stereocenters. The maximum atomic E-state index is 5.52. The largest absolute Gasteiger partial charge is 0.358 e. The minimum atomic E-state index is 0.679. The molecule has 138 valence electrons. The van der Waals surface area contributed by atoms with Crippen molar-refractivity contribution in [2.75, 3.05) is 18.4 Å². The zero-order valence-electron chi connectivity index (χ0n) is 15.9. The summed E-state index contributed by atoms with van der Waals surface area (Å²) in [5.74, 6) is 0. The molecule has 1 aliphatic rings. The molecule has 0 saturated carbocycles. The molecule has 1 heterocycles. The Hall–Kier alpha value is -1.91. The first-order valence-electron chi connectivity index (χ1n) is 9.64. The number of quaternary nitrogens is 1. The number of hydrogen-bond donors (Lipinski definition) is 3. The van der Waals surface area contributed by atoms with Crippen molar-refractivity contribution in [1.29, 1.82) is 0 Å². The number of thiocarbonyl (C=S) groups is 1. The normalized spacial score (nSPS) is 14.8. The predicted molar refractivity (Wildman–Crippen MR) is 114 cm³/mol. The quantitative estimate of drug-likeness (QED) is 0.707. The third-order valence-corrected chi connectivity index (χ3v) is 5.45. The molecule has 1 aliphatic heterocycles. The summed E-state index contributed by atoms with van der Waals surface area (Å²) in [5, 5.41) is 7.40. The summed E-state index contributed by atoms with van der Waals surface area (Å²) < 4.78 is 0. The zero-order valence-corrected chi connectivity index (χ0v) is 16.7. The highest BCUT2D eigenvalue weighted by Gasteiger charge is 2.15. The van der Waals surface area contributed by atoms with Gasteiger partial charge in [-0.3, -0.25) is 0 Å². The first-order chi connectivity index (χ1) is 12.6. The Kier molecular flexibility index (Phi) is 6.64. The van der Waals surface area contributed by atoms with Gasteiger partial charge in [-0.2, -0.15) is 0 Å². The van der Waals surface area contributed by atoms with Gasteiger partial charge in [-0.05, 0) is 68.1 Å². The molecule has 0 amide bonds.